The maximum Gasteiger partial charge on any atom is 0.289 e. The van der Waals surface area contributed by atoms with Gasteiger partial charge in [0.2, 0.25) is 0 Å². The predicted molar refractivity (Wildman–Crippen MR) is 122 cm³/mol. The first-order valence-electron chi connectivity index (χ1n) is 10.4. The van der Waals surface area contributed by atoms with Crippen molar-refractivity contribution in [3.05, 3.63) is 77.7 Å². The number of benzene rings is 2. The van der Waals surface area contributed by atoms with Crippen LogP contribution in [0.3, 0.4) is 0 Å². The van der Waals surface area contributed by atoms with Crippen molar-refractivity contribution in [2.75, 3.05) is 38.2 Å². The number of para-hydroxylation sites is 2. The molecule has 168 valence electrons. The summed E-state index contributed by atoms with van der Waals surface area (Å²) in [5, 5.41) is 0. The van der Waals surface area contributed by atoms with Gasteiger partial charge in [0.1, 0.15) is 17.3 Å². The van der Waals surface area contributed by atoms with Gasteiger partial charge in [-0.25, -0.2) is 8.42 Å². The number of methoxy groups -OCH3 is 1. The minimum absolute atomic E-state index is 0.157. The quantitative estimate of drug-likeness (QED) is 0.567. The fourth-order valence-corrected chi connectivity index (χ4v) is 5.03. The Morgan fingerprint density at radius 2 is 1.66 bits per heavy atom. The molecule has 0 unspecified atom stereocenters. The molecule has 0 aliphatic carbocycles. The van der Waals surface area contributed by atoms with Crippen LogP contribution in [0.15, 0.2) is 70.0 Å². The van der Waals surface area contributed by atoms with Crippen LogP contribution in [0.25, 0.3) is 0 Å². The van der Waals surface area contributed by atoms with Crippen LogP contribution in [0.2, 0.25) is 0 Å². The van der Waals surface area contributed by atoms with E-state index in [2.05, 4.69) is 4.90 Å². The molecule has 0 bridgehead atoms. The Morgan fingerprint density at radius 3 is 2.34 bits per heavy atom. The van der Waals surface area contributed by atoms with Gasteiger partial charge in [-0.1, -0.05) is 29.8 Å². The lowest BCUT2D eigenvalue weighted by atomic mass is 10.2. The van der Waals surface area contributed by atoms with Crippen LogP contribution in [-0.4, -0.2) is 52.5 Å². The Bertz CT molecular complexity index is 1190. The van der Waals surface area contributed by atoms with Gasteiger partial charge in [0.15, 0.2) is 15.6 Å². The van der Waals surface area contributed by atoms with Crippen molar-refractivity contribution in [2.45, 2.75) is 17.6 Å². The minimum atomic E-state index is -3.55. The number of sulfone groups is 1. The third-order valence-electron chi connectivity index (χ3n) is 5.58. The number of rotatable bonds is 6. The van der Waals surface area contributed by atoms with Crippen LogP contribution >= 0.6 is 0 Å². The molecule has 1 aliphatic rings. The number of nitrogens with zero attached hydrogens (tertiary/aromatic N) is 2. The summed E-state index contributed by atoms with van der Waals surface area (Å²) in [4.78, 5) is 17.0. The monoisotopic (exact) mass is 454 g/mol. The van der Waals surface area contributed by atoms with Crippen molar-refractivity contribution < 1.29 is 22.4 Å². The standard InChI is InChI=1S/C24H26N2O5S/c1-18-7-10-20(11-8-18)32(28,29)17-19-9-12-23(31-19)24(27)26-15-13-25(14-16-26)21-5-3-4-6-22(21)30-2/h3-12H,13-17H2,1-2H3. The number of ether oxygens (including phenoxy) is 1. The van der Waals surface area contributed by atoms with E-state index in [9.17, 15) is 13.2 Å². The maximum absolute atomic E-state index is 12.9. The molecule has 0 atom stereocenters. The third kappa shape index (κ3) is 4.65. The van der Waals surface area contributed by atoms with Gasteiger partial charge in [0.05, 0.1) is 17.7 Å². The summed E-state index contributed by atoms with van der Waals surface area (Å²) in [5.74, 6) is 0.693. The number of furan rings is 1. The molecule has 0 N–H and O–H groups in total. The topological polar surface area (TPSA) is 80.1 Å². The van der Waals surface area contributed by atoms with Crippen LogP contribution in [0.1, 0.15) is 21.9 Å². The molecule has 1 saturated heterocycles. The molecule has 0 saturated carbocycles. The van der Waals surface area contributed by atoms with E-state index < -0.39 is 9.84 Å². The number of piperazine rings is 1. The van der Waals surface area contributed by atoms with Gasteiger partial charge in [-0.2, -0.15) is 0 Å². The highest BCUT2D eigenvalue weighted by molar-refractivity contribution is 7.90. The van der Waals surface area contributed by atoms with E-state index in [0.717, 1.165) is 17.0 Å². The van der Waals surface area contributed by atoms with Crippen molar-refractivity contribution in [3.63, 3.8) is 0 Å². The predicted octanol–water partition coefficient (Wildman–Crippen LogP) is 3.53. The second-order valence-corrected chi connectivity index (χ2v) is 9.78. The SMILES string of the molecule is COc1ccccc1N1CCN(C(=O)c2ccc(CS(=O)(=O)c3ccc(C)cc3)o2)CC1. The lowest BCUT2D eigenvalue weighted by Crippen LogP contribution is -2.48. The molecular weight excluding hydrogens is 428 g/mol. The number of hydrogen-bond acceptors (Lipinski definition) is 6. The fourth-order valence-electron chi connectivity index (χ4n) is 3.78. The molecular formula is C24H26N2O5S. The number of carbonyl (C=O) groups is 1. The van der Waals surface area contributed by atoms with Crippen LogP contribution in [0, 0.1) is 6.92 Å². The van der Waals surface area contributed by atoms with Gasteiger partial charge in [-0.05, 0) is 43.3 Å². The van der Waals surface area contributed by atoms with Crippen molar-refractivity contribution in [1.82, 2.24) is 4.90 Å². The van der Waals surface area contributed by atoms with E-state index in [1.165, 1.54) is 0 Å². The van der Waals surface area contributed by atoms with Crippen LogP contribution in [-0.2, 0) is 15.6 Å². The maximum atomic E-state index is 12.9. The minimum Gasteiger partial charge on any atom is -0.495 e. The summed E-state index contributed by atoms with van der Waals surface area (Å²) >= 11 is 0. The van der Waals surface area contributed by atoms with Gasteiger partial charge in [0, 0.05) is 26.2 Å². The van der Waals surface area contributed by atoms with Crippen LogP contribution in [0.5, 0.6) is 5.75 Å². The fraction of sp³-hybridized carbons (Fsp3) is 0.292. The van der Waals surface area contributed by atoms with E-state index in [1.54, 1.807) is 48.4 Å². The molecule has 2 aromatic carbocycles. The summed E-state index contributed by atoms with van der Waals surface area (Å²) in [6.45, 7) is 4.31. The Morgan fingerprint density at radius 1 is 0.969 bits per heavy atom. The Kier molecular flexibility index (Phi) is 6.23. The summed E-state index contributed by atoms with van der Waals surface area (Å²) in [6.07, 6.45) is 0. The Balaban J connectivity index is 1.39. The van der Waals surface area contributed by atoms with Gasteiger partial charge < -0.3 is 19.0 Å². The number of carbonyl (C=O) groups excluding carboxylic acids is 1. The molecule has 1 amide bonds. The summed E-state index contributed by atoms with van der Waals surface area (Å²) < 4.78 is 36.4. The number of hydrogen-bond donors (Lipinski definition) is 0. The van der Waals surface area contributed by atoms with E-state index in [0.29, 0.717) is 26.2 Å². The third-order valence-corrected chi connectivity index (χ3v) is 7.23. The molecule has 3 aromatic rings. The average molecular weight is 455 g/mol. The van der Waals surface area contributed by atoms with E-state index in [-0.39, 0.29) is 28.1 Å². The highest BCUT2D eigenvalue weighted by atomic mass is 32.2. The molecule has 4 rings (SSSR count). The van der Waals surface area contributed by atoms with Crippen LogP contribution < -0.4 is 9.64 Å². The van der Waals surface area contributed by atoms with Crippen molar-refractivity contribution >= 4 is 21.4 Å². The first-order valence-corrected chi connectivity index (χ1v) is 12.1. The second kappa shape index (κ2) is 9.08. The van der Waals surface area contributed by atoms with E-state index in [4.69, 9.17) is 9.15 Å². The van der Waals surface area contributed by atoms with Crippen molar-refractivity contribution in [1.29, 1.82) is 0 Å². The number of anilines is 1. The van der Waals surface area contributed by atoms with E-state index >= 15 is 0 Å². The molecule has 32 heavy (non-hydrogen) atoms. The van der Waals surface area contributed by atoms with Crippen LogP contribution in [0.4, 0.5) is 5.69 Å². The first-order chi connectivity index (χ1) is 15.4. The molecule has 2 heterocycles. The second-order valence-electron chi connectivity index (χ2n) is 7.79. The molecule has 0 radical (unpaired) electrons. The Labute approximate surface area is 188 Å². The summed E-state index contributed by atoms with van der Waals surface area (Å²) in [7, 11) is -1.90. The summed E-state index contributed by atoms with van der Waals surface area (Å²) in [6, 6.07) is 17.6. The highest BCUT2D eigenvalue weighted by Gasteiger charge is 2.26. The van der Waals surface area contributed by atoms with Gasteiger partial charge in [0.25, 0.3) is 5.91 Å². The average Bonchev–Trinajstić information content (AvgIpc) is 3.26. The molecule has 1 aromatic heterocycles. The summed E-state index contributed by atoms with van der Waals surface area (Å²) in [5.41, 5.74) is 1.99. The number of amides is 1. The molecule has 1 fully saturated rings. The van der Waals surface area contributed by atoms with Crippen molar-refractivity contribution in [3.8, 4) is 5.75 Å². The first kappa shape index (κ1) is 22.0. The lowest BCUT2D eigenvalue weighted by Gasteiger charge is -2.36. The molecule has 8 heteroatoms. The zero-order valence-electron chi connectivity index (χ0n) is 18.2. The lowest BCUT2D eigenvalue weighted by molar-refractivity contribution is 0.0713. The van der Waals surface area contributed by atoms with Gasteiger partial charge in [-0.3, -0.25) is 4.79 Å². The smallest absolute Gasteiger partial charge is 0.289 e. The number of aryl methyl sites for hydroxylation is 1. The normalized spacial score (nSPS) is 14.4. The molecule has 7 nitrogen and oxygen atoms in total. The van der Waals surface area contributed by atoms with E-state index in [1.807, 2.05) is 31.2 Å². The molecule has 0 spiro atoms. The zero-order chi connectivity index (χ0) is 22.7. The highest BCUT2D eigenvalue weighted by Crippen LogP contribution is 2.28. The van der Waals surface area contributed by atoms with Crippen molar-refractivity contribution in [2.24, 2.45) is 0 Å². The largest absolute Gasteiger partial charge is 0.495 e. The van der Waals surface area contributed by atoms with Gasteiger partial charge >= 0.3 is 0 Å². The molecule has 1 aliphatic heterocycles. The Hall–Kier alpha value is -3.26. The van der Waals surface area contributed by atoms with Gasteiger partial charge in [-0.15, -0.1) is 0 Å². The zero-order valence-corrected chi connectivity index (χ0v) is 19.0.